The number of nitrogens with one attached hydrogen (secondary N) is 1. The maximum Gasteiger partial charge on any atom is 0.229 e. The Morgan fingerprint density at radius 1 is 1.03 bits per heavy atom. The molecule has 1 aliphatic heterocycles. The molecule has 2 aromatic carbocycles. The summed E-state index contributed by atoms with van der Waals surface area (Å²) in [6.45, 7) is 3.61. The summed E-state index contributed by atoms with van der Waals surface area (Å²) in [5.41, 5.74) is 3.16. The van der Waals surface area contributed by atoms with Gasteiger partial charge in [0.05, 0.1) is 18.2 Å². The quantitative estimate of drug-likeness (QED) is 0.624. The van der Waals surface area contributed by atoms with Gasteiger partial charge in [0.25, 0.3) is 0 Å². The van der Waals surface area contributed by atoms with Gasteiger partial charge < -0.3 is 14.6 Å². The van der Waals surface area contributed by atoms with Gasteiger partial charge in [-0.1, -0.05) is 48.5 Å². The molecule has 0 radical (unpaired) electrons. The fourth-order valence-electron chi connectivity index (χ4n) is 3.90. The molecule has 148 valence electrons. The van der Waals surface area contributed by atoms with Crippen molar-refractivity contribution in [2.24, 2.45) is 0 Å². The minimum Gasteiger partial charge on any atom is -0.494 e. The van der Waals surface area contributed by atoms with Gasteiger partial charge >= 0.3 is 0 Å². The number of ketones is 1. The maximum atomic E-state index is 12.8. The third-order valence-electron chi connectivity index (χ3n) is 5.32. The van der Waals surface area contributed by atoms with Gasteiger partial charge in [-0.3, -0.25) is 9.59 Å². The number of nitrogens with zero attached hydrogens (tertiary/aromatic N) is 1. The van der Waals surface area contributed by atoms with Crippen LogP contribution in [0.1, 0.15) is 46.6 Å². The summed E-state index contributed by atoms with van der Waals surface area (Å²) in [6, 6.07) is 20.7. The minimum atomic E-state index is -0.244. The van der Waals surface area contributed by atoms with Crippen LogP contribution in [0.3, 0.4) is 0 Å². The van der Waals surface area contributed by atoms with Crippen molar-refractivity contribution >= 4 is 11.7 Å². The van der Waals surface area contributed by atoms with Crippen LogP contribution in [0.5, 0.6) is 5.75 Å². The Morgan fingerprint density at radius 3 is 2.59 bits per heavy atom. The van der Waals surface area contributed by atoms with E-state index < -0.39 is 0 Å². The Bertz CT molecular complexity index is 1020. The minimum absolute atomic E-state index is 0.0106. The van der Waals surface area contributed by atoms with E-state index >= 15 is 0 Å². The summed E-state index contributed by atoms with van der Waals surface area (Å²) >= 11 is 0. The normalized spacial score (nSPS) is 15.0. The smallest absolute Gasteiger partial charge is 0.229 e. The summed E-state index contributed by atoms with van der Waals surface area (Å²) in [5, 5.41) is 3.03. The zero-order valence-corrected chi connectivity index (χ0v) is 16.4. The lowest BCUT2D eigenvalue weighted by Crippen LogP contribution is -2.28. The van der Waals surface area contributed by atoms with Crippen molar-refractivity contribution in [1.29, 1.82) is 0 Å². The average molecular weight is 388 g/mol. The summed E-state index contributed by atoms with van der Waals surface area (Å²) < 4.78 is 7.61. The lowest BCUT2D eigenvalue weighted by Gasteiger charge is -2.13. The third-order valence-corrected chi connectivity index (χ3v) is 5.32. The van der Waals surface area contributed by atoms with E-state index in [-0.39, 0.29) is 17.6 Å². The molecule has 4 rings (SSSR count). The van der Waals surface area contributed by atoms with Crippen LogP contribution in [0.2, 0.25) is 0 Å². The zero-order chi connectivity index (χ0) is 20.2. The predicted molar refractivity (Wildman–Crippen MR) is 111 cm³/mol. The van der Waals surface area contributed by atoms with Crippen LogP contribution in [0, 0.1) is 0 Å². The van der Waals surface area contributed by atoms with Gasteiger partial charge in [-0.05, 0) is 31.5 Å². The summed E-state index contributed by atoms with van der Waals surface area (Å²) in [6.07, 6.45) is 0.699. The van der Waals surface area contributed by atoms with Crippen LogP contribution in [0.4, 0.5) is 0 Å². The van der Waals surface area contributed by atoms with E-state index in [2.05, 4.69) is 5.32 Å². The van der Waals surface area contributed by atoms with E-state index in [1.54, 1.807) is 0 Å². The van der Waals surface area contributed by atoms with Gasteiger partial charge in [0.15, 0.2) is 0 Å². The highest BCUT2D eigenvalue weighted by Gasteiger charge is 2.31. The number of fused-ring (bicyclic) bond motifs is 1. The molecule has 0 saturated heterocycles. The Hall–Kier alpha value is -3.34. The molecular formula is C24H24N2O3. The number of aromatic nitrogens is 1. The molecule has 0 unspecified atom stereocenters. The number of rotatable bonds is 7. The standard InChI is InChI=1S/C24H24N2O3/c1-2-29-22-11-7-6-10-18(22)16-25-24(28)19-14-15-26-20(19)12-13-21(26)23(27)17-8-4-3-5-9-17/h3-13,19H,2,14-16H2,1H3,(H,25,28)/t19-/m1/s1. The Kier molecular flexibility index (Phi) is 5.47. The molecule has 1 amide bonds. The molecule has 5 nitrogen and oxygen atoms in total. The maximum absolute atomic E-state index is 12.8. The van der Waals surface area contributed by atoms with Crippen LogP contribution < -0.4 is 10.1 Å². The molecule has 0 spiro atoms. The lowest BCUT2D eigenvalue weighted by atomic mass is 10.0. The monoisotopic (exact) mass is 388 g/mol. The summed E-state index contributed by atoms with van der Waals surface area (Å²) in [4.78, 5) is 25.7. The van der Waals surface area contributed by atoms with Crippen molar-refractivity contribution in [3.63, 3.8) is 0 Å². The fourth-order valence-corrected chi connectivity index (χ4v) is 3.90. The summed E-state index contributed by atoms with van der Waals surface area (Å²) in [7, 11) is 0. The molecule has 29 heavy (non-hydrogen) atoms. The third kappa shape index (κ3) is 3.81. The molecule has 0 fully saturated rings. The van der Waals surface area contributed by atoms with Crippen LogP contribution in [-0.4, -0.2) is 22.9 Å². The molecule has 0 saturated carbocycles. The van der Waals surface area contributed by atoms with Crippen LogP contribution in [-0.2, 0) is 17.9 Å². The van der Waals surface area contributed by atoms with Crippen LogP contribution in [0.25, 0.3) is 0 Å². The van der Waals surface area contributed by atoms with E-state index in [1.165, 1.54) is 0 Å². The van der Waals surface area contributed by atoms with Crippen molar-refractivity contribution in [2.75, 3.05) is 6.61 Å². The molecule has 5 heteroatoms. The molecular weight excluding hydrogens is 364 g/mol. The molecule has 1 aromatic heterocycles. The molecule has 0 bridgehead atoms. The average Bonchev–Trinajstić information content (AvgIpc) is 3.35. The second-order valence-electron chi connectivity index (χ2n) is 7.09. The van der Waals surface area contributed by atoms with Gasteiger partial charge in [0.1, 0.15) is 5.75 Å². The topological polar surface area (TPSA) is 60.3 Å². The highest BCUT2D eigenvalue weighted by molar-refractivity contribution is 6.08. The fraction of sp³-hybridized carbons (Fsp3) is 0.250. The predicted octanol–water partition coefficient (Wildman–Crippen LogP) is 3.92. The highest BCUT2D eigenvalue weighted by atomic mass is 16.5. The van der Waals surface area contributed by atoms with E-state index in [9.17, 15) is 9.59 Å². The number of amides is 1. The molecule has 1 aliphatic rings. The van der Waals surface area contributed by atoms with Gasteiger partial charge in [0.2, 0.25) is 11.7 Å². The second-order valence-corrected chi connectivity index (χ2v) is 7.09. The van der Waals surface area contributed by atoms with E-state index in [0.717, 1.165) is 17.0 Å². The molecule has 3 aromatic rings. The first-order valence-corrected chi connectivity index (χ1v) is 9.96. The summed E-state index contributed by atoms with van der Waals surface area (Å²) in [5.74, 6) is 0.517. The first-order chi connectivity index (χ1) is 14.2. The zero-order valence-electron chi connectivity index (χ0n) is 16.4. The van der Waals surface area contributed by atoms with E-state index in [1.807, 2.05) is 78.2 Å². The molecule has 1 N–H and O–H groups in total. The largest absolute Gasteiger partial charge is 0.494 e. The SMILES string of the molecule is CCOc1ccccc1CNC(=O)[C@@H]1CCn2c(C(=O)c3ccccc3)ccc21. The Labute approximate surface area is 170 Å². The first-order valence-electron chi connectivity index (χ1n) is 9.96. The number of carbonyl (C=O) groups excluding carboxylic acids is 2. The van der Waals surface area contributed by atoms with Crippen molar-refractivity contribution in [3.8, 4) is 5.75 Å². The number of hydrogen-bond donors (Lipinski definition) is 1. The number of hydrogen-bond acceptors (Lipinski definition) is 3. The van der Waals surface area contributed by atoms with E-state index in [4.69, 9.17) is 4.74 Å². The molecule has 2 heterocycles. The number of para-hydroxylation sites is 1. The van der Waals surface area contributed by atoms with Crippen molar-refractivity contribution in [3.05, 3.63) is 89.2 Å². The number of benzene rings is 2. The van der Waals surface area contributed by atoms with E-state index in [0.29, 0.717) is 37.4 Å². The lowest BCUT2D eigenvalue weighted by molar-refractivity contribution is -0.122. The van der Waals surface area contributed by atoms with Gasteiger partial charge in [-0.15, -0.1) is 0 Å². The first kappa shape index (κ1) is 19.0. The van der Waals surface area contributed by atoms with Crippen molar-refractivity contribution in [1.82, 2.24) is 9.88 Å². The van der Waals surface area contributed by atoms with Gasteiger partial charge in [-0.2, -0.15) is 0 Å². The van der Waals surface area contributed by atoms with Crippen molar-refractivity contribution < 1.29 is 14.3 Å². The second kappa shape index (κ2) is 8.35. The molecule has 0 aliphatic carbocycles. The van der Waals surface area contributed by atoms with Crippen molar-refractivity contribution in [2.45, 2.75) is 32.4 Å². The Morgan fingerprint density at radius 2 is 1.79 bits per heavy atom. The van der Waals surface area contributed by atoms with Crippen LogP contribution in [0.15, 0.2) is 66.7 Å². The molecule has 1 atom stereocenters. The number of ether oxygens (including phenoxy) is 1. The van der Waals surface area contributed by atoms with Gasteiger partial charge in [-0.25, -0.2) is 0 Å². The Balaban J connectivity index is 1.47. The van der Waals surface area contributed by atoms with Crippen LogP contribution >= 0.6 is 0 Å². The highest BCUT2D eigenvalue weighted by Crippen LogP contribution is 2.31. The van der Waals surface area contributed by atoms with Gasteiger partial charge in [0, 0.05) is 29.9 Å². The number of carbonyl (C=O) groups is 2.